The van der Waals surface area contributed by atoms with Gasteiger partial charge in [0, 0.05) is 18.9 Å². The van der Waals surface area contributed by atoms with E-state index in [-0.39, 0.29) is 24.4 Å². The highest BCUT2D eigenvalue weighted by molar-refractivity contribution is 5.96. The van der Waals surface area contributed by atoms with Gasteiger partial charge in [-0.1, -0.05) is 6.92 Å². The summed E-state index contributed by atoms with van der Waals surface area (Å²) >= 11 is 0. The fourth-order valence-electron chi connectivity index (χ4n) is 3.85. The van der Waals surface area contributed by atoms with Crippen LogP contribution >= 0.6 is 0 Å². The number of amides is 4. The number of urea groups is 1. The molecule has 0 aromatic carbocycles. The third-order valence-corrected chi connectivity index (χ3v) is 6.00. The summed E-state index contributed by atoms with van der Waals surface area (Å²) in [4.78, 5) is 52.8. The average Bonchev–Trinajstić information content (AvgIpc) is 3.10. The lowest BCUT2D eigenvalue weighted by Gasteiger charge is -2.33. The van der Waals surface area contributed by atoms with E-state index < -0.39 is 72.5 Å². The number of carboxylic acids is 1. The molecule has 3 heterocycles. The van der Waals surface area contributed by atoms with Crippen LogP contribution in [0, 0.1) is 5.92 Å². The Hall–Kier alpha value is -3.37. The third kappa shape index (κ3) is 5.49. The number of carboxylic acid groups (broad SMARTS) is 1. The Morgan fingerprint density at radius 2 is 1.97 bits per heavy atom. The second-order valence-electron chi connectivity index (χ2n) is 8.36. The fourth-order valence-corrected chi connectivity index (χ4v) is 3.85. The molecule has 3 rings (SSSR count). The van der Waals surface area contributed by atoms with E-state index >= 15 is 0 Å². The smallest absolute Gasteiger partial charge is 0.329 e. The molecule has 4 amide bonds. The molecule has 2 aliphatic rings. The van der Waals surface area contributed by atoms with Gasteiger partial charge in [-0.2, -0.15) is 0 Å². The summed E-state index contributed by atoms with van der Waals surface area (Å²) in [5.41, 5.74) is 6.04. The minimum Gasteiger partial charge on any atom is -0.506 e. The van der Waals surface area contributed by atoms with Gasteiger partial charge in [-0.15, -0.1) is 0 Å². The number of aliphatic hydroxyl groups excluding tert-OH is 3. The molecule has 2 fully saturated rings. The van der Waals surface area contributed by atoms with Crippen LogP contribution in [0.4, 0.5) is 4.79 Å². The van der Waals surface area contributed by atoms with E-state index in [0.29, 0.717) is 0 Å². The molecule has 192 valence electrons. The van der Waals surface area contributed by atoms with Crippen LogP contribution < -0.4 is 16.4 Å². The lowest BCUT2D eigenvalue weighted by atomic mass is 9.92. The molecule has 0 spiro atoms. The minimum absolute atomic E-state index is 0.0941. The van der Waals surface area contributed by atoms with E-state index in [2.05, 4.69) is 10.3 Å². The van der Waals surface area contributed by atoms with Crippen LogP contribution in [-0.4, -0.2) is 102 Å². The number of hydrogen-bond acceptors (Lipinski definition) is 11. The van der Waals surface area contributed by atoms with E-state index in [1.807, 2.05) is 5.32 Å². The van der Waals surface area contributed by atoms with Crippen molar-refractivity contribution in [2.45, 2.75) is 56.1 Å². The van der Waals surface area contributed by atoms with Gasteiger partial charge in [-0.05, 0) is 12.1 Å². The lowest BCUT2D eigenvalue weighted by Crippen LogP contribution is -2.57. The van der Waals surface area contributed by atoms with Gasteiger partial charge in [-0.3, -0.25) is 24.8 Å². The molecule has 0 bridgehead atoms. The number of aliphatic hydroxyl groups is 3. The number of imide groups is 1. The van der Waals surface area contributed by atoms with E-state index in [1.54, 1.807) is 0 Å². The Kier molecular flexibility index (Phi) is 7.86. The molecule has 0 aliphatic carbocycles. The number of pyridine rings is 1. The average molecular weight is 497 g/mol. The van der Waals surface area contributed by atoms with Crippen molar-refractivity contribution in [3.63, 3.8) is 0 Å². The maximum absolute atomic E-state index is 12.7. The van der Waals surface area contributed by atoms with Crippen molar-refractivity contribution in [2.75, 3.05) is 6.54 Å². The fraction of sp³-hybridized carbons (Fsp3) is 0.550. The van der Waals surface area contributed by atoms with Crippen molar-refractivity contribution in [3.05, 3.63) is 24.0 Å². The zero-order valence-electron chi connectivity index (χ0n) is 18.5. The molecule has 8 atom stereocenters. The number of aromatic hydroxyl groups is 1. The van der Waals surface area contributed by atoms with Crippen molar-refractivity contribution in [1.29, 1.82) is 0 Å². The predicted molar refractivity (Wildman–Crippen MR) is 113 cm³/mol. The van der Waals surface area contributed by atoms with Gasteiger partial charge in [0.25, 0.3) is 0 Å². The van der Waals surface area contributed by atoms with Crippen LogP contribution in [-0.2, 0) is 19.1 Å². The molecule has 15 nitrogen and oxygen atoms in total. The van der Waals surface area contributed by atoms with Gasteiger partial charge in [0.1, 0.15) is 30.2 Å². The zero-order chi connectivity index (χ0) is 26.0. The lowest BCUT2D eigenvalue weighted by molar-refractivity contribution is -0.150. The Morgan fingerprint density at radius 3 is 2.54 bits per heavy atom. The summed E-state index contributed by atoms with van der Waals surface area (Å²) in [6.07, 6.45) is -7.02. The van der Waals surface area contributed by atoms with Gasteiger partial charge in [0.05, 0.1) is 17.9 Å². The van der Waals surface area contributed by atoms with Crippen molar-refractivity contribution in [2.24, 2.45) is 11.7 Å². The summed E-state index contributed by atoms with van der Waals surface area (Å²) in [6.45, 7) is 1.29. The van der Waals surface area contributed by atoms with E-state index in [4.69, 9.17) is 10.5 Å². The van der Waals surface area contributed by atoms with Crippen LogP contribution in [0.3, 0.4) is 0 Å². The minimum atomic E-state index is -1.88. The molecule has 0 radical (unpaired) electrons. The van der Waals surface area contributed by atoms with Crippen LogP contribution in [0.15, 0.2) is 18.3 Å². The molecule has 2 aliphatic heterocycles. The number of carbonyl (C=O) groups excluding carboxylic acids is 3. The molecule has 1 aromatic rings. The molecule has 9 N–H and O–H groups in total. The van der Waals surface area contributed by atoms with Crippen molar-refractivity contribution in [1.82, 2.24) is 20.5 Å². The number of nitrogens with one attached hydrogen (secondary N) is 2. The number of rotatable bonds is 8. The highest BCUT2D eigenvalue weighted by Crippen LogP contribution is 2.28. The molecule has 15 heteroatoms. The number of carbonyl (C=O) groups is 4. The van der Waals surface area contributed by atoms with Crippen LogP contribution in [0.1, 0.15) is 25.1 Å². The van der Waals surface area contributed by atoms with Crippen LogP contribution in [0.25, 0.3) is 0 Å². The van der Waals surface area contributed by atoms with Crippen molar-refractivity contribution < 1.29 is 49.4 Å². The van der Waals surface area contributed by atoms with Crippen LogP contribution in [0.5, 0.6) is 5.75 Å². The van der Waals surface area contributed by atoms with Gasteiger partial charge in [0.2, 0.25) is 11.8 Å². The van der Waals surface area contributed by atoms with E-state index in [9.17, 15) is 44.7 Å². The maximum Gasteiger partial charge on any atom is 0.329 e. The van der Waals surface area contributed by atoms with Crippen LogP contribution in [0.2, 0.25) is 0 Å². The molecule has 1 aromatic heterocycles. The molecule has 0 unspecified atom stereocenters. The molecular formula is C20H27N5O10. The number of nitrogens with two attached hydrogens (primary N) is 1. The van der Waals surface area contributed by atoms with Gasteiger partial charge in [0.15, 0.2) is 12.3 Å². The molecule has 0 saturated carbocycles. The van der Waals surface area contributed by atoms with Gasteiger partial charge in [-0.25, -0.2) is 9.59 Å². The zero-order valence-corrected chi connectivity index (χ0v) is 18.5. The summed E-state index contributed by atoms with van der Waals surface area (Å²) in [5.74, 6) is -4.25. The first-order chi connectivity index (χ1) is 16.4. The number of ether oxygens (including phenoxy) is 1. The number of aliphatic carboxylic acids is 1. The molecular weight excluding hydrogens is 470 g/mol. The van der Waals surface area contributed by atoms with Crippen molar-refractivity contribution >= 4 is 23.8 Å². The Bertz CT molecular complexity index is 976. The SMILES string of the molecule is C[C@@H]([C@H](N)C(=O)N[C@@H](C(=O)O)[C@H]1O[C@@H](N2CCC(=O)NC2=O)[C@H](O)[C@@H]1O)[C@H](O)c1ccc(O)cn1. The summed E-state index contributed by atoms with van der Waals surface area (Å²) in [7, 11) is 0. The maximum atomic E-state index is 12.7. The monoisotopic (exact) mass is 497 g/mol. The first-order valence-electron chi connectivity index (χ1n) is 10.7. The second kappa shape index (κ2) is 10.5. The Morgan fingerprint density at radius 1 is 1.29 bits per heavy atom. The number of aromatic nitrogens is 1. The largest absolute Gasteiger partial charge is 0.506 e. The topological polar surface area (TPSA) is 245 Å². The highest BCUT2D eigenvalue weighted by Gasteiger charge is 2.52. The summed E-state index contributed by atoms with van der Waals surface area (Å²) < 4.78 is 5.46. The quantitative estimate of drug-likeness (QED) is 0.176. The van der Waals surface area contributed by atoms with E-state index in [1.165, 1.54) is 19.1 Å². The van der Waals surface area contributed by atoms with Gasteiger partial charge < -0.3 is 41.3 Å². The van der Waals surface area contributed by atoms with Gasteiger partial charge >= 0.3 is 12.0 Å². The standard InChI is InChI=1S/C20H27N5O10/c1-7(13(28)9-3-2-8(26)6-22-9)11(21)17(31)24-12(19(32)33)16-14(29)15(30)18(35-16)25-5-4-10(27)23-20(25)34/h2-3,6-7,11-16,18,26,28-30H,4-5,21H2,1H3,(H,24,31)(H,32,33)(H,23,27,34)/t7-,11-,12+,13-,14-,15+,16+,18+/m0/s1. The van der Waals surface area contributed by atoms with E-state index in [0.717, 1.165) is 11.1 Å². The number of hydrogen-bond donors (Lipinski definition) is 8. The van der Waals surface area contributed by atoms with Crippen molar-refractivity contribution in [3.8, 4) is 5.75 Å². The predicted octanol–water partition coefficient (Wildman–Crippen LogP) is -3.26. The second-order valence-corrected chi connectivity index (χ2v) is 8.36. The Balaban J connectivity index is 1.70. The third-order valence-electron chi connectivity index (χ3n) is 6.00. The molecule has 2 saturated heterocycles. The highest BCUT2D eigenvalue weighted by atomic mass is 16.6. The molecule has 35 heavy (non-hydrogen) atoms. The summed E-state index contributed by atoms with van der Waals surface area (Å²) in [6, 6.07) is -1.59. The summed E-state index contributed by atoms with van der Waals surface area (Å²) in [5, 5.41) is 54.4. The normalized spacial score (nSPS) is 28.1. The first kappa shape index (κ1) is 26.2. The number of nitrogens with zero attached hydrogens (tertiary/aromatic N) is 2. The first-order valence-corrected chi connectivity index (χ1v) is 10.7. The Labute approximate surface area is 198 Å².